The molecule has 27 heavy (non-hydrogen) atoms. The Labute approximate surface area is 164 Å². The van der Waals surface area contributed by atoms with Gasteiger partial charge < -0.3 is 0 Å². The second kappa shape index (κ2) is 5.26. The van der Waals surface area contributed by atoms with Crippen LogP contribution in [0, 0.1) is 5.92 Å². The first kappa shape index (κ1) is 17.1. The standard InChI is InChI=1S/C23H23NO2S/c1-13(2)20(25)24-18-19(27-21(24)26)23(4)16-11-7-5-9-14(16)22(18,3)15-10-6-8-12-17(15)23/h5-13,18-19H,1-4H3/t18-,19+,22?,23?/m0/s1. The zero-order valence-corrected chi connectivity index (χ0v) is 16.8. The van der Waals surface area contributed by atoms with Crippen LogP contribution in [0.25, 0.3) is 0 Å². The molecule has 3 nitrogen and oxygen atoms in total. The molecule has 4 aliphatic rings. The fourth-order valence-corrected chi connectivity index (χ4v) is 7.22. The van der Waals surface area contributed by atoms with Gasteiger partial charge in [-0.15, -0.1) is 0 Å². The lowest BCUT2D eigenvalue weighted by atomic mass is 9.47. The van der Waals surface area contributed by atoms with E-state index in [1.54, 1.807) is 4.90 Å². The highest BCUT2D eigenvalue weighted by atomic mass is 32.2. The molecule has 0 aromatic heterocycles. The zero-order chi connectivity index (χ0) is 19.1. The molecule has 0 unspecified atom stereocenters. The van der Waals surface area contributed by atoms with Crippen molar-refractivity contribution in [1.82, 2.24) is 4.90 Å². The van der Waals surface area contributed by atoms with E-state index in [-0.39, 0.29) is 39.2 Å². The highest BCUT2D eigenvalue weighted by Gasteiger charge is 2.68. The first-order valence-electron chi connectivity index (χ1n) is 9.56. The first-order chi connectivity index (χ1) is 12.8. The van der Waals surface area contributed by atoms with Crippen molar-refractivity contribution in [3.63, 3.8) is 0 Å². The van der Waals surface area contributed by atoms with Crippen LogP contribution in [0.5, 0.6) is 0 Å². The van der Waals surface area contributed by atoms with Crippen LogP contribution < -0.4 is 0 Å². The number of hydrogen-bond acceptors (Lipinski definition) is 3. The summed E-state index contributed by atoms with van der Waals surface area (Å²) >= 11 is 1.36. The van der Waals surface area contributed by atoms with E-state index in [1.807, 2.05) is 13.8 Å². The molecular formula is C23H23NO2S. The summed E-state index contributed by atoms with van der Waals surface area (Å²) in [7, 11) is 0. The van der Waals surface area contributed by atoms with Crippen molar-refractivity contribution in [1.29, 1.82) is 0 Å². The van der Waals surface area contributed by atoms with Gasteiger partial charge in [0.15, 0.2) is 0 Å². The lowest BCUT2D eigenvalue weighted by Gasteiger charge is -2.59. The van der Waals surface area contributed by atoms with Gasteiger partial charge in [0.1, 0.15) is 0 Å². The predicted octanol–water partition coefficient (Wildman–Crippen LogP) is 4.71. The van der Waals surface area contributed by atoms with E-state index in [0.717, 1.165) is 0 Å². The van der Waals surface area contributed by atoms with Crippen LogP contribution in [-0.4, -0.2) is 27.3 Å². The quantitative estimate of drug-likeness (QED) is 0.722. The van der Waals surface area contributed by atoms with Gasteiger partial charge in [0.05, 0.1) is 6.04 Å². The fraction of sp³-hybridized carbons (Fsp3) is 0.391. The van der Waals surface area contributed by atoms with Crippen LogP contribution in [0.1, 0.15) is 49.9 Å². The van der Waals surface area contributed by atoms with E-state index in [4.69, 9.17) is 0 Å². The molecule has 2 amide bonds. The Morgan fingerprint density at radius 1 is 0.926 bits per heavy atom. The summed E-state index contributed by atoms with van der Waals surface area (Å²) in [5, 5.41) is -0.0655. The van der Waals surface area contributed by atoms with Crippen molar-refractivity contribution >= 4 is 22.9 Å². The van der Waals surface area contributed by atoms with Gasteiger partial charge in [0, 0.05) is 22.0 Å². The SMILES string of the molecule is CC(C)C(=O)N1C(=O)S[C@@H]2[C@H]1C1(C)c3ccccc3C2(C)c2ccccc21. The number of rotatable bonds is 1. The predicted molar refractivity (Wildman–Crippen MR) is 108 cm³/mol. The van der Waals surface area contributed by atoms with E-state index in [1.165, 1.54) is 34.0 Å². The maximum Gasteiger partial charge on any atom is 0.288 e. The molecule has 2 atom stereocenters. The van der Waals surface area contributed by atoms with Crippen LogP contribution >= 0.6 is 11.8 Å². The van der Waals surface area contributed by atoms with Gasteiger partial charge in [-0.1, -0.05) is 81.1 Å². The molecule has 6 rings (SSSR count). The topological polar surface area (TPSA) is 37.4 Å². The Morgan fingerprint density at radius 2 is 1.37 bits per heavy atom. The van der Waals surface area contributed by atoms with Crippen molar-refractivity contribution in [2.45, 2.75) is 49.8 Å². The second-order valence-corrected chi connectivity index (χ2v) is 9.70. The largest absolute Gasteiger partial charge is 0.288 e. The molecule has 4 heteroatoms. The number of thioether (sulfide) groups is 1. The highest BCUT2D eigenvalue weighted by molar-refractivity contribution is 8.14. The lowest BCUT2D eigenvalue weighted by molar-refractivity contribution is -0.133. The Hall–Kier alpha value is -2.07. The normalized spacial score (nSPS) is 33.1. The third-order valence-electron chi connectivity index (χ3n) is 6.97. The molecule has 1 fully saturated rings. The number of nitrogens with zero attached hydrogens (tertiary/aromatic N) is 1. The van der Waals surface area contributed by atoms with Gasteiger partial charge in [-0.25, -0.2) is 0 Å². The van der Waals surface area contributed by atoms with Crippen molar-refractivity contribution < 1.29 is 9.59 Å². The van der Waals surface area contributed by atoms with Crippen LogP contribution in [0.3, 0.4) is 0 Å². The van der Waals surface area contributed by atoms with E-state index in [9.17, 15) is 9.59 Å². The number of carbonyl (C=O) groups excluding carboxylic acids is 2. The molecule has 0 saturated carbocycles. The molecule has 1 heterocycles. The van der Waals surface area contributed by atoms with E-state index < -0.39 is 0 Å². The highest BCUT2D eigenvalue weighted by Crippen LogP contribution is 2.65. The second-order valence-electron chi connectivity index (χ2n) is 8.61. The molecule has 0 N–H and O–H groups in total. The Bertz CT molecular complexity index is 948. The van der Waals surface area contributed by atoms with Crippen molar-refractivity contribution in [3.05, 3.63) is 70.8 Å². The summed E-state index contributed by atoms with van der Waals surface area (Å²) in [6.45, 7) is 8.23. The smallest absolute Gasteiger partial charge is 0.274 e. The van der Waals surface area contributed by atoms with Gasteiger partial charge in [-0.2, -0.15) is 0 Å². The van der Waals surface area contributed by atoms with Gasteiger partial charge in [0.2, 0.25) is 5.91 Å². The first-order valence-corrected chi connectivity index (χ1v) is 10.4. The zero-order valence-electron chi connectivity index (χ0n) is 16.0. The summed E-state index contributed by atoms with van der Waals surface area (Å²) in [5.41, 5.74) is 4.42. The minimum absolute atomic E-state index is 0.0301. The fourth-order valence-electron chi connectivity index (χ4n) is 5.67. The summed E-state index contributed by atoms with van der Waals surface area (Å²) in [5.74, 6) is -0.261. The average molecular weight is 378 g/mol. The molecule has 2 aromatic carbocycles. The summed E-state index contributed by atoms with van der Waals surface area (Å²) in [4.78, 5) is 27.7. The van der Waals surface area contributed by atoms with E-state index in [2.05, 4.69) is 62.4 Å². The number of amides is 2. The van der Waals surface area contributed by atoms with Crippen molar-refractivity contribution in [2.75, 3.05) is 0 Å². The van der Waals surface area contributed by atoms with Crippen LogP contribution in [0.15, 0.2) is 48.5 Å². The number of benzene rings is 2. The number of hydrogen-bond donors (Lipinski definition) is 0. The maximum atomic E-state index is 13.1. The van der Waals surface area contributed by atoms with Gasteiger partial charge in [0.25, 0.3) is 5.24 Å². The molecule has 1 saturated heterocycles. The summed E-state index contributed by atoms with van der Waals surface area (Å²) in [6, 6.07) is 17.0. The molecule has 1 aliphatic heterocycles. The Kier molecular flexibility index (Phi) is 3.32. The monoisotopic (exact) mass is 377 g/mol. The van der Waals surface area contributed by atoms with Gasteiger partial charge >= 0.3 is 0 Å². The number of imide groups is 1. The van der Waals surface area contributed by atoms with Crippen molar-refractivity contribution in [2.24, 2.45) is 5.92 Å². The van der Waals surface area contributed by atoms with Crippen LogP contribution in [0.4, 0.5) is 4.79 Å². The minimum Gasteiger partial charge on any atom is -0.274 e. The molecular weight excluding hydrogens is 354 g/mol. The van der Waals surface area contributed by atoms with E-state index in [0.29, 0.717) is 0 Å². The van der Waals surface area contributed by atoms with Gasteiger partial charge in [-0.05, 0) is 29.2 Å². The van der Waals surface area contributed by atoms with E-state index >= 15 is 0 Å². The summed E-state index contributed by atoms with van der Waals surface area (Å²) < 4.78 is 0. The summed E-state index contributed by atoms with van der Waals surface area (Å²) in [6.07, 6.45) is 0. The Balaban J connectivity index is 1.86. The molecule has 3 aliphatic carbocycles. The lowest BCUT2D eigenvalue weighted by Crippen LogP contribution is -2.66. The molecule has 2 bridgehead atoms. The Morgan fingerprint density at radius 3 is 1.81 bits per heavy atom. The van der Waals surface area contributed by atoms with Gasteiger partial charge in [-0.3, -0.25) is 14.5 Å². The van der Waals surface area contributed by atoms with Crippen LogP contribution in [0.2, 0.25) is 0 Å². The molecule has 0 spiro atoms. The molecule has 138 valence electrons. The molecule has 0 radical (unpaired) electrons. The molecule has 2 aromatic rings. The minimum atomic E-state index is -0.390. The average Bonchev–Trinajstić information content (AvgIpc) is 3.03. The van der Waals surface area contributed by atoms with Crippen LogP contribution in [-0.2, 0) is 15.6 Å². The maximum absolute atomic E-state index is 13.1. The third kappa shape index (κ3) is 1.80. The third-order valence-corrected chi connectivity index (χ3v) is 8.35. The van der Waals surface area contributed by atoms with Crippen molar-refractivity contribution in [3.8, 4) is 0 Å². The number of carbonyl (C=O) groups is 2.